The van der Waals surface area contributed by atoms with Gasteiger partial charge in [-0.05, 0) is 32.3 Å². The monoisotopic (exact) mass is 280 g/mol. The lowest BCUT2D eigenvalue weighted by molar-refractivity contribution is -0.144. The maximum absolute atomic E-state index is 12.4. The number of amides is 2. The van der Waals surface area contributed by atoms with Gasteiger partial charge < -0.3 is 9.80 Å². The molecule has 0 saturated carbocycles. The van der Waals surface area contributed by atoms with Gasteiger partial charge in [0, 0.05) is 19.5 Å². The minimum Gasteiger partial charge on any atom is -0.331 e. The van der Waals surface area contributed by atoms with Crippen LogP contribution < -0.4 is 0 Å². The number of piperidine rings is 1. The van der Waals surface area contributed by atoms with E-state index in [-0.39, 0.29) is 30.2 Å². The number of ketones is 1. The van der Waals surface area contributed by atoms with Crippen molar-refractivity contribution in [1.29, 1.82) is 0 Å². The molecule has 2 amide bonds. The summed E-state index contributed by atoms with van der Waals surface area (Å²) in [4.78, 5) is 39.0. The van der Waals surface area contributed by atoms with E-state index in [1.54, 1.807) is 4.90 Å². The number of likely N-dealkylation sites (N-methyl/N-ethyl adjacent to an activating group) is 1. The summed E-state index contributed by atoms with van der Waals surface area (Å²) in [5.74, 6) is -0.291. The highest BCUT2D eigenvalue weighted by Gasteiger charge is 2.31. The molecule has 1 rings (SSSR count). The van der Waals surface area contributed by atoms with Crippen LogP contribution in [0.5, 0.6) is 0 Å². The Bertz CT molecular complexity index is 393. The van der Waals surface area contributed by atoms with Crippen LogP contribution in [0.3, 0.4) is 0 Å². The number of hydrogen-bond acceptors (Lipinski definition) is 3. The van der Waals surface area contributed by atoms with Gasteiger partial charge in [-0.1, -0.05) is 13.5 Å². The number of likely N-dealkylation sites (tertiary alicyclic amines) is 1. The number of hydrogen-bond donors (Lipinski definition) is 0. The molecule has 0 aliphatic carbocycles. The van der Waals surface area contributed by atoms with E-state index in [0.29, 0.717) is 19.5 Å². The Labute approximate surface area is 120 Å². The summed E-state index contributed by atoms with van der Waals surface area (Å²) in [5, 5.41) is 0. The number of carbonyl (C=O) groups is 3. The smallest absolute Gasteiger partial charge is 0.246 e. The summed E-state index contributed by atoms with van der Waals surface area (Å²) < 4.78 is 0. The highest BCUT2D eigenvalue weighted by Crippen LogP contribution is 2.19. The van der Waals surface area contributed by atoms with Crippen molar-refractivity contribution in [2.24, 2.45) is 0 Å². The predicted molar refractivity (Wildman–Crippen MR) is 77.1 cm³/mol. The van der Waals surface area contributed by atoms with E-state index in [4.69, 9.17) is 0 Å². The molecule has 20 heavy (non-hydrogen) atoms. The van der Waals surface area contributed by atoms with E-state index in [9.17, 15) is 14.4 Å². The Kier molecular flexibility index (Phi) is 6.42. The van der Waals surface area contributed by atoms with Crippen molar-refractivity contribution >= 4 is 17.6 Å². The molecule has 0 aromatic rings. The van der Waals surface area contributed by atoms with Crippen LogP contribution in [0.1, 0.15) is 39.5 Å². The number of rotatable bonds is 6. The normalized spacial score (nSPS) is 18.5. The predicted octanol–water partition coefficient (Wildman–Crippen LogP) is 1.38. The van der Waals surface area contributed by atoms with Gasteiger partial charge in [-0.2, -0.15) is 0 Å². The number of nitrogens with zero attached hydrogens (tertiary/aromatic N) is 2. The lowest BCUT2D eigenvalue weighted by atomic mass is 9.97. The molecule has 0 spiro atoms. The van der Waals surface area contributed by atoms with Gasteiger partial charge in [-0.15, -0.1) is 0 Å². The fourth-order valence-electron chi connectivity index (χ4n) is 2.53. The van der Waals surface area contributed by atoms with Crippen LogP contribution in [0.4, 0.5) is 0 Å². The van der Waals surface area contributed by atoms with Gasteiger partial charge >= 0.3 is 0 Å². The summed E-state index contributed by atoms with van der Waals surface area (Å²) in [6.45, 7) is 8.16. The molecule has 5 heteroatoms. The van der Waals surface area contributed by atoms with Gasteiger partial charge in [0.1, 0.15) is 6.54 Å². The molecule has 1 heterocycles. The molecular weight excluding hydrogens is 256 g/mol. The molecule has 1 aliphatic rings. The van der Waals surface area contributed by atoms with Crippen molar-refractivity contribution in [2.45, 2.75) is 45.6 Å². The summed E-state index contributed by atoms with van der Waals surface area (Å²) in [6, 6.07) is -0.307. The Hall–Kier alpha value is -1.65. The standard InChI is InChI=1S/C15H24N2O3/c1-4-13(18)12-9-7-8-10-17(12)15(20)11-16(6-3)14(19)5-2/h5,12H,2,4,6-11H2,1,3H3. The lowest BCUT2D eigenvalue weighted by Crippen LogP contribution is -2.51. The zero-order chi connectivity index (χ0) is 15.1. The van der Waals surface area contributed by atoms with Crippen LogP contribution >= 0.6 is 0 Å². The third-order valence-corrected chi connectivity index (χ3v) is 3.74. The molecular formula is C15H24N2O3. The fourth-order valence-corrected chi connectivity index (χ4v) is 2.53. The van der Waals surface area contributed by atoms with E-state index in [1.165, 1.54) is 11.0 Å². The molecule has 0 radical (unpaired) electrons. The minimum absolute atomic E-state index is 0.0227. The first-order chi connectivity index (χ1) is 9.54. The molecule has 0 bridgehead atoms. The van der Waals surface area contributed by atoms with Gasteiger partial charge in [0.25, 0.3) is 0 Å². The van der Waals surface area contributed by atoms with Crippen molar-refractivity contribution in [2.75, 3.05) is 19.6 Å². The minimum atomic E-state index is -0.307. The summed E-state index contributed by atoms with van der Waals surface area (Å²) in [7, 11) is 0. The summed E-state index contributed by atoms with van der Waals surface area (Å²) in [5.41, 5.74) is 0. The Morgan fingerprint density at radius 2 is 2.00 bits per heavy atom. The van der Waals surface area contributed by atoms with Crippen LogP contribution in [0.25, 0.3) is 0 Å². The van der Waals surface area contributed by atoms with Crippen LogP contribution in [0.2, 0.25) is 0 Å². The first-order valence-corrected chi connectivity index (χ1v) is 7.28. The lowest BCUT2D eigenvalue weighted by Gasteiger charge is -2.36. The molecule has 112 valence electrons. The van der Waals surface area contributed by atoms with E-state index < -0.39 is 0 Å². The van der Waals surface area contributed by atoms with Gasteiger partial charge in [-0.3, -0.25) is 14.4 Å². The van der Waals surface area contributed by atoms with Crippen LogP contribution in [0.15, 0.2) is 12.7 Å². The third-order valence-electron chi connectivity index (χ3n) is 3.74. The van der Waals surface area contributed by atoms with Crippen molar-refractivity contribution in [3.8, 4) is 0 Å². The second-order valence-corrected chi connectivity index (χ2v) is 4.98. The van der Waals surface area contributed by atoms with Gasteiger partial charge in [0.2, 0.25) is 11.8 Å². The Morgan fingerprint density at radius 3 is 2.55 bits per heavy atom. The van der Waals surface area contributed by atoms with Crippen LogP contribution in [0, 0.1) is 0 Å². The number of Topliss-reactive ketones (excluding diaryl/α,β-unsaturated/α-hetero) is 1. The maximum Gasteiger partial charge on any atom is 0.246 e. The van der Waals surface area contributed by atoms with Gasteiger partial charge in [0.05, 0.1) is 6.04 Å². The molecule has 1 unspecified atom stereocenters. The number of carbonyl (C=O) groups excluding carboxylic acids is 3. The topological polar surface area (TPSA) is 57.7 Å². The Morgan fingerprint density at radius 1 is 1.30 bits per heavy atom. The van der Waals surface area contributed by atoms with E-state index in [1.807, 2.05) is 13.8 Å². The zero-order valence-corrected chi connectivity index (χ0v) is 12.4. The van der Waals surface area contributed by atoms with Crippen molar-refractivity contribution < 1.29 is 14.4 Å². The quantitative estimate of drug-likeness (QED) is 0.691. The molecule has 0 N–H and O–H groups in total. The second kappa shape index (κ2) is 7.82. The average Bonchev–Trinajstić information content (AvgIpc) is 2.50. The van der Waals surface area contributed by atoms with E-state index in [0.717, 1.165) is 19.3 Å². The molecule has 5 nitrogen and oxygen atoms in total. The van der Waals surface area contributed by atoms with Crippen LogP contribution in [-0.2, 0) is 14.4 Å². The zero-order valence-electron chi connectivity index (χ0n) is 12.4. The first kappa shape index (κ1) is 16.4. The third kappa shape index (κ3) is 3.92. The summed E-state index contributed by atoms with van der Waals surface area (Å²) >= 11 is 0. The molecule has 1 atom stereocenters. The van der Waals surface area contributed by atoms with Crippen molar-refractivity contribution in [3.63, 3.8) is 0 Å². The molecule has 1 fully saturated rings. The van der Waals surface area contributed by atoms with Crippen LogP contribution in [-0.4, -0.2) is 53.1 Å². The van der Waals surface area contributed by atoms with Crippen molar-refractivity contribution in [3.05, 3.63) is 12.7 Å². The molecule has 0 aromatic heterocycles. The highest BCUT2D eigenvalue weighted by atomic mass is 16.2. The molecule has 1 saturated heterocycles. The largest absolute Gasteiger partial charge is 0.331 e. The second-order valence-electron chi connectivity index (χ2n) is 4.98. The van der Waals surface area contributed by atoms with Gasteiger partial charge in [0.15, 0.2) is 5.78 Å². The van der Waals surface area contributed by atoms with Gasteiger partial charge in [-0.25, -0.2) is 0 Å². The van der Waals surface area contributed by atoms with E-state index >= 15 is 0 Å². The molecule has 1 aliphatic heterocycles. The van der Waals surface area contributed by atoms with E-state index in [2.05, 4.69) is 6.58 Å². The Balaban J connectivity index is 2.74. The highest BCUT2D eigenvalue weighted by molar-refractivity contribution is 5.93. The SMILES string of the molecule is C=CC(=O)N(CC)CC(=O)N1CCCCC1C(=O)CC. The summed E-state index contributed by atoms with van der Waals surface area (Å²) in [6.07, 6.45) is 4.28. The molecule has 0 aromatic carbocycles. The first-order valence-electron chi connectivity index (χ1n) is 7.28. The maximum atomic E-state index is 12.4. The van der Waals surface area contributed by atoms with Crippen molar-refractivity contribution in [1.82, 2.24) is 9.80 Å². The average molecular weight is 280 g/mol. The fraction of sp³-hybridized carbons (Fsp3) is 0.667.